The molecule has 0 aromatic heterocycles. The number of piperidine rings is 1. The van der Waals surface area contributed by atoms with E-state index >= 15 is 0 Å². The van der Waals surface area contributed by atoms with Crippen LogP contribution in [0, 0.1) is 5.41 Å². The fraction of sp³-hybridized carbons (Fsp3) is 0.500. The Kier molecular flexibility index (Phi) is 4.33. The van der Waals surface area contributed by atoms with E-state index in [2.05, 4.69) is 11.0 Å². The van der Waals surface area contributed by atoms with E-state index in [9.17, 15) is 5.11 Å². The van der Waals surface area contributed by atoms with Gasteiger partial charge in [-0.25, -0.2) is 0 Å². The van der Waals surface area contributed by atoms with Crippen LogP contribution in [0.4, 0.5) is 0 Å². The fourth-order valence-electron chi connectivity index (χ4n) is 2.55. The summed E-state index contributed by atoms with van der Waals surface area (Å²) in [5.41, 5.74) is 7.42. The van der Waals surface area contributed by atoms with Crippen molar-refractivity contribution in [3.05, 3.63) is 35.4 Å². The number of hydrogen-bond donors (Lipinski definition) is 3. The first-order valence-corrected chi connectivity index (χ1v) is 6.49. The predicted octanol–water partition coefficient (Wildman–Crippen LogP) is 1.32. The molecule has 1 fully saturated rings. The predicted molar refractivity (Wildman–Crippen MR) is 72.6 cm³/mol. The molecule has 1 saturated heterocycles. The van der Waals surface area contributed by atoms with Gasteiger partial charge in [0.2, 0.25) is 0 Å². The zero-order valence-electron chi connectivity index (χ0n) is 10.6. The molecule has 1 aromatic rings. The molecule has 4 heteroatoms. The second-order valence-electron chi connectivity index (χ2n) is 4.92. The van der Waals surface area contributed by atoms with Crippen molar-refractivity contribution >= 4 is 5.84 Å². The highest BCUT2D eigenvalue weighted by atomic mass is 16.3. The summed E-state index contributed by atoms with van der Waals surface area (Å²) in [6.07, 6.45) is 3.47. The molecule has 0 bridgehead atoms. The van der Waals surface area contributed by atoms with Crippen molar-refractivity contribution in [1.82, 2.24) is 4.90 Å². The molecule has 0 aliphatic carbocycles. The van der Waals surface area contributed by atoms with Crippen molar-refractivity contribution in [3.63, 3.8) is 0 Å². The molecule has 2 rings (SSSR count). The lowest BCUT2D eigenvalue weighted by Crippen LogP contribution is -2.41. The average molecular weight is 247 g/mol. The van der Waals surface area contributed by atoms with Crippen LogP contribution in [0.2, 0.25) is 0 Å². The van der Waals surface area contributed by atoms with Crippen LogP contribution < -0.4 is 5.73 Å². The lowest BCUT2D eigenvalue weighted by molar-refractivity contribution is 0.0841. The highest BCUT2D eigenvalue weighted by molar-refractivity contribution is 5.95. The maximum absolute atomic E-state index is 9.39. The molecule has 1 atom stereocenters. The van der Waals surface area contributed by atoms with Crippen molar-refractivity contribution in [2.45, 2.75) is 31.8 Å². The summed E-state index contributed by atoms with van der Waals surface area (Å²) in [6, 6.07) is 8.08. The number of aliphatic hydroxyl groups excluding tert-OH is 1. The van der Waals surface area contributed by atoms with Crippen LogP contribution in [0.25, 0.3) is 0 Å². The molecule has 4 nitrogen and oxygen atoms in total. The Bertz CT molecular complexity index is 419. The summed E-state index contributed by atoms with van der Waals surface area (Å²) in [7, 11) is 0. The van der Waals surface area contributed by atoms with E-state index in [-0.39, 0.29) is 18.5 Å². The molecule has 0 saturated carbocycles. The smallest absolute Gasteiger partial charge is 0.122 e. The van der Waals surface area contributed by atoms with Crippen LogP contribution >= 0.6 is 0 Å². The third-order valence-electron chi connectivity index (χ3n) is 3.58. The maximum atomic E-state index is 9.39. The van der Waals surface area contributed by atoms with Gasteiger partial charge in [-0.1, -0.05) is 24.6 Å². The number of nitrogens with two attached hydrogens (primary N) is 1. The number of nitrogen functional groups attached to an aromatic ring is 1. The molecule has 0 spiro atoms. The lowest BCUT2D eigenvalue weighted by Gasteiger charge is -2.34. The monoisotopic (exact) mass is 247 g/mol. The van der Waals surface area contributed by atoms with Gasteiger partial charge in [0.25, 0.3) is 0 Å². The van der Waals surface area contributed by atoms with E-state index in [1.165, 1.54) is 12.8 Å². The molecular weight excluding hydrogens is 226 g/mol. The topological polar surface area (TPSA) is 73.3 Å². The van der Waals surface area contributed by atoms with Gasteiger partial charge in [0.1, 0.15) is 5.84 Å². The summed E-state index contributed by atoms with van der Waals surface area (Å²) in [5.74, 6) is 0.106. The van der Waals surface area contributed by atoms with Crippen molar-refractivity contribution in [2.75, 3.05) is 13.2 Å². The van der Waals surface area contributed by atoms with Crippen LogP contribution in [-0.2, 0) is 6.54 Å². The Morgan fingerprint density at radius 2 is 2.28 bits per heavy atom. The van der Waals surface area contributed by atoms with Crippen molar-refractivity contribution in [2.24, 2.45) is 5.73 Å². The summed E-state index contributed by atoms with van der Waals surface area (Å²) < 4.78 is 0. The largest absolute Gasteiger partial charge is 0.395 e. The van der Waals surface area contributed by atoms with Crippen LogP contribution in [0.3, 0.4) is 0 Å². The van der Waals surface area contributed by atoms with E-state index in [0.717, 1.165) is 30.6 Å². The van der Waals surface area contributed by atoms with E-state index in [1.54, 1.807) is 0 Å². The number of likely N-dealkylation sites (tertiary alicyclic amines) is 1. The number of amidine groups is 1. The Morgan fingerprint density at radius 3 is 3.00 bits per heavy atom. The molecule has 1 aromatic carbocycles. The van der Waals surface area contributed by atoms with Gasteiger partial charge in [-0.2, -0.15) is 0 Å². The SMILES string of the molecule is N=C(N)c1cccc(CN2CCCCC2CO)c1. The number of rotatable bonds is 4. The van der Waals surface area contributed by atoms with Crippen LogP contribution in [-0.4, -0.2) is 35.0 Å². The quantitative estimate of drug-likeness (QED) is 0.555. The molecule has 1 aliphatic rings. The van der Waals surface area contributed by atoms with E-state index in [0.29, 0.717) is 0 Å². The van der Waals surface area contributed by atoms with Gasteiger partial charge in [0, 0.05) is 18.2 Å². The second-order valence-corrected chi connectivity index (χ2v) is 4.92. The van der Waals surface area contributed by atoms with E-state index < -0.39 is 0 Å². The summed E-state index contributed by atoms with van der Waals surface area (Å²) >= 11 is 0. The first-order valence-electron chi connectivity index (χ1n) is 6.49. The molecule has 4 N–H and O–H groups in total. The Labute approximate surface area is 108 Å². The molecule has 1 unspecified atom stereocenters. The van der Waals surface area contributed by atoms with Crippen LogP contribution in [0.1, 0.15) is 30.4 Å². The van der Waals surface area contributed by atoms with Crippen molar-refractivity contribution in [1.29, 1.82) is 5.41 Å². The molecule has 98 valence electrons. The minimum absolute atomic E-state index is 0.106. The minimum Gasteiger partial charge on any atom is -0.395 e. The first-order chi connectivity index (χ1) is 8.70. The maximum Gasteiger partial charge on any atom is 0.122 e. The molecule has 18 heavy (non-hydrogen) atoms. The van der Waals surface area contributed by atoms with Gasteiger partial charge in [-0.3, -0.25) is 10.3 Å². The fourth-order valence-corrected chi connectivity index (χ4v) is 2.55. The Hall–Kier alpha value is -1.39. The highest BCUT2D eigenvalue weighted by Crippen LogP contribution is 2.19. The first kappa shape index (κ1) is 13.1. The molecule has 1 aliphatic heterocycles. The highest BCUT2D eigenvalue weighted by Gasteiger charge is 2.21. The van der Waals surface area contributed by atoms with Gasteiger partial charge in [-0.05, 0) is 31.0 Å². The van der Waals surface area contributed by atoms with Gasteiger partial charge in [0.05, 0.1) is 6.61 Å². The van der Waals surface area contributed by atoms with Gasteiger partial charge in [0.15, 0.2) is 0 Å². The van der Waals surface area contributed by atoms with Crippen molar-refractivity contribution < 1.29 is 5.11 Å². The third kappa shape index (κ3) is 3.09. The number of nitrogens with one attached hydrogen (secondary N) is 1. The van der Waals surface area contributed by atoms with Crippen molar-refractivity contribution in [3.8, 4) is 0 Å². The van der Waals surface area contributed by atoms with Crippen LogP contribution in [0.15, 0.2) is 24.3 Å². The second kappa shape index (κ2) is 5.98. The number of aliphatic hydroxyl groups is 1. The van der Waals surface area contributed by atoms with Gasteiger partial charge >= 0.3 is 0 Å². The summed E-state index contributed by atoms with van der Waals surface area (Å²) in [6.45, 7) is 2.09. The van der Waals surface area contributed by atoms with E-state index in [1.807, 2.05) is 18.2 Å². The molecular formula is C14H21N3O. The standard InChI is InChI=1S/C14H21N3O/c15-14(16)12-5-3-4-11(8-12)9-17-7-2-1-6-13(17)10-18/h3-5,8,13,18H,1-2,6-7,9-10H2,(H3,15,16). The van der Waals surface area contributed by atoms with Gasteiger partial charge in [-0.15, -0.1) is 0 Å². The van der Waals surface area contributed by atoms with Crippen LogP contribution in [0.5, 0.6) is 0 Å². The zero-order chi connectivity index (χ0) is 13.0. The number of hydrogen-bond acceptors (Lipinski definition) is 3. The normalized spacial score (nSPS) is 20.8. The molecule has 0 radical (unpaired) electrons. The number of benzene rings is 1. The van der Waals surface area contributed by atoms with E-state index in [4.69, 9.17) is 11.1 Å². The summed E-state index contributed by atoms with van der Waals surface area (Å²) in [4.78, 5) is 2.32. The number of nitrogens with zero attached hydrogens (tertiary/aromatic N) is 1. The average Bonchev–Trinajstić information content (AvgIpc) is 2.39. The molecule has 0 amide bonds. The zero-order valence-corrected chi connectivity index (χ0v) is 10.6. The minimum atomic E-state index is 0.106. The lowest BCUT2D eigenvalue weighted by atomic mass is 10.0. The summed E-state index contributed by atoms with van der Waals surface area (Å²) in [5, 5.41) is 16.8. The molecule has 1 heterocycles. The van der Waals surface area contributed by atoms with Gasteiger partial charge < -0.3 is 10.8 Å². The Morgan fingerprint density at radius 1 is 1.44 bits per heavy atom. The Balaban J connectivity index is 2.07. The third-order valence-corrected chi connectivity index (χ3v) is 3.58.